The number of halogens is 1. The Balaban J connectivity index is 1.54. The van der Waals surface area contributed by atoms with Crippen molar-refractivity contribution in [3.8, 4) is 0 Å². The molecular formula is C18H24FN3O3. The van der Waals surface area contributed by atoms with E-state index < -0.39 is 11.4 Å². The molecule has 6 nitrogen and oxygen atoms in total. The second-order valence-corrected chi connectivity index (χ2v) is 8.15. The largest absolute Gasteiger partial charge is 0.444 e. The van der Waals surface area contributed by atoms with Crippen LogP contribution in [0, 0.1) is 16.1 Å². The molecule has 1 saturated heterocycles. The highest BCUT2D eigenvalue weighted by Crippen LogP contribution is 2.49. The van der Waals surface area contributed by atoms with Crippen molar-refractivity contribution in [2.75, 3.05) is 18.4 Å². The molecular weight excluding hydrogens is 325 g/mol. The molecule has 1 aromatic carbocycles. The maximum absolute atomic E-state index is 13.2. The number of hydrogen-bond acceptors (Lipinski definition) is 5. The first-order valence-corrected chi connectivity index (χ1v) is 8.57. The molecule has 1 amide bonds. The molecule has 2 aliphatic rings. The molecule has 136 valence electrons. The van der Waals surface area contributed by atoms with Gasteiger partial charge in [-0.3, -0.25) is 0 Å². The van der Waals surface area contributed by atoms with Gasteiger partial charge in [-0.15, -0.1) is 4.91 Å². The summed E-state index contributed by atoms with van der Waals surface area (Å²) in [4.78, 5) is 24.8. The summed E-state index contributed by atoms with van der Waals surface area (Å²) in [5, 5.41) is 6.14. The minimum atomic E-state index is -0.489. The summed E-state index contributed by atoms with van der Waals surface area (Å²) in [6, 6.07) is 4.18. The van der Waals surface area contributed by atoms with Crippen molar-refractivity contribution in [3.63, 3.8) is 0 Å². The van der Waals surface area contributed by atoms with Crippen molar-refractivity contribution in [1.29, 1.82) is 0 Å². The van der Waals surface area contributed by atoms with Crippen molar-refractivity contribution in [2.45, 2.75) is 51.7 Å². The molecule has 25 heavy (non-hydrogen) atoms. The van der Waals surface area contributed by atoms with Gasteiger partial charge in [-0.05, 0) is 62.8 Å². The van der Waals surface area contributed by atoms with E-state index in [1.807, 2.05) is 20.8 Å². The van der Waals surface area contributed by atoms with Crippen LogP contribution in [0.5, 0.6) is 0 Å². The minimum Gasteiger partial charge on any atom is -0.444 e. The average Bonchev–Trinajstić information content (AvgIpc) is 2.92. The van der Waals surface area contributed by atoms with Gasteiger partial charge in [0.05, 0.1) is 5.69 Å². The lowest BCUT2D eigenvalue weighted by Gasteiger charge is -2.45. The lowest BCUT2D eigenvalue weighted by atomic mass is 9.65. The molecule has 3 rings (SSSR count). The molecule has 0 atom stereocenters. The zero-order valence-corrected chi connectivity index (χ0v) is 14.8. The van der Waals surface area contributed by atoms with Gasteiger partial charge in [-0.1, -0.05) is 0 Å². The Morgan fingerprint density at radius 2 is 2.12 bits per heavy atom. The van der Waals surface area contributed by atoms with Gasteiger partial charge in [0.1, 0.15) is 17.1 Å². The predicted molar refractivity (Wildman–Crippen MR) is 93.4 cm³/mol. The summed E-state index contributed by atoms with van der Waals surface area (Å²) in [5.74, 6) is -0.478. The zero-order valence-electron chi connectivity index (χ0n) is 14.8. The molecule has 1 N–H and O–H groups in total. The van der Waals surface area contributed by atoms with Crippen LogP contribution in [-0.2, 0) is 4.74 Å². The molecule has 1 spiro atoms. The van der Waals surface area contributed by atoms with E-state index in [1.165, 1.54) is 6.07 Å². The smallest absolute Gasteiger partial charge is 0.410 e. The normalized spacial score (nSPS) is 25.6. The molecule has 1 saturated carbocycles. The van der Waals surface area contributed by atoms with E-state index in [2.05, 4.69) is 10.5 Å². The molecule has 7 heteroatoms. The number of nitrogens with one attached hydrogen (secondary N) is 1. The molecule has 2 fully saturated rings. The number of likely N-dealkylation sites (tertiary alicyclic amines) is 1. The fourth-order valence-electron chi connectivity index (χ4n) is 3.76. The number of nitrogens with zero attached hydrogens (tertiary/aromatic N) is 2. The van der Waals surface area contributed by atoms with Crippen LogP contribution in [0.4, 0.5) is 20.6 Å². The number of anilines is 1. The molecule has 0 bridgehead atoms. The zero-order chi connectivity index (χ0) is 18.2. The number of ether oxygens (including phenoxy) is 1. The molecule has 0 radical (unpaired) electrons. The third kappa shape index (κ3) is 3.91. The van der Waals surface area contributed by atoms with E-state index >= 15 is 0 Å². The number of amides is 1. The fraction of sp³-hybridized carbons (Fsp3) is 0.611. The summed E-state index contributed by atoms with van der Waals surface area (Å²) in [6.07, 6.45) is 2.50. The van der Waals surface area contributed by atoms with Gasteiger partial charge in [0.2, 0.25) is 0 Å². The van der Waals surface area contributed by atoms with Crippen molar-refractivity contribution < 1.29 is 13.9 Å². The van der Waals surface area contributed by atoms with Crippen LogP contribution in [0.1, 0.15) is 40.0 Å². The Labute approximate surface area is 146 Å². The molecule has 1 heterocycles. The highest BCUT2D eigenvalue weighted by atomic mass is 19.1. The maximum Gasteiger partial charge on any atom is 0.410 e. The van der Waals surface area contributed by atoms with Crippen molar-refractivity contribution in [3.05, 3.63) is 28.9 Å². The van der Waals surface area contributed by atoms with Crippen LogP contribution in [0.25, 0.3) is 0 Å². The average molecular weight is 349 g/mol. The number of hydrogen-bond donors (Lipinski definition) is 1. The van der Waals surface area contributed by atoms with Crippen molar-refractivity contribution in [1.82, 2.24) is 4.90 Å². The van der Waals surface area contributed by atoms with Crippen molar-refractivity contribution >= 4 is 17.5 Å². The minimum absolute atomic E-state index is 0.0859. The van der Waals surface area contributed by atoms with Crippen molar-refractivity contribution in [2.24, 2.45) is 10.6 Å². The highest BCUT2D eigenvalue weighted by Gasteiger charge is 2.50. The Morgan fingerprint density at radius 3 is 2.76 bits per heavy atom. The fourth-order valence-corrected chi connectivity index (χ4v) is 3.76. The van der Waals surface area contributed by atoms with Gasteiger partial charge in [0.15, 0.2) is 0 Å². The number of rotatable bonds is 3. The van der Waals surface area contributed by atoms with E-state index in [-0.39, 0.29) is 23.2 Å². The Bertz CT molecular complexity index is 681. The first-order chi connectivity index (χ1) is 11.7. The van der Waals surface area contributed by atoms with Crippen LogP contribution >= 0.6 is 0 Å². The Hall–Kier alpha value is -2.18. The lowest BCUT2D eigenvalue weighted by Crippen LogP contribution is -2.47. The molecule has 0 aromatic heterocycles. The lowest BCUT2D eigenvalue weighted by molar-refractivity contribution is 0.0237. The van der Waals surface area contributed by atoms with Gasteiger partial charge in [0.25, 0.3) is 0 Å². The molecule has 1 aliphatic heterocycles. The van der Waals surface area contributed by atoms with Gasteiger partial charge >= 0.3 is 6.09 Å². The number of nitroso groups, excluding NO2 is 1. The number of carbonyl (C=O) groups excluding carboxylic acids is 1. The monoisotopic (exact) mass is 349 g/mol. The summed E-state index contributed by atoms with van der Waals surface area (Å²) in [6.45, 7) is 6.99. The van der Waals surface area contributed by atoms with Gasteiger partial charge in [0, 0.05) is 25.2 Å². The first kappa shape index (κ1) is 17.6. The summed E-state index contributed by atoms with van der Waals surface area (Å²) in [7, 11) is 0. The summed E-state index contributed by atoms with van der Waals surface area (Å²) < 4.78 is 18.6. The summed E-state index contributed by atoms with van der Waals surface area (Å²) >= 11 is 0. The van der Waals surface area contributed by atoms with E-state index in [0.717, 1.165) is 25.3 Å². The van der Waals surface area contributed by atoms with Gasteiger partial charge in [-0.2, -0.15) is 0 Å². The number of carbonyl (C=O) groups is 1. The SMILES string of the molecule is CC(C)(C)OC(=O)N1CC[C@]2(C1)C[C@@H](Nc1ccc(F)cc1N=O)C2. The number of benzene rings is 1. The maximum atomic E-state index is 13.2. The molecule has 1 aliphatic carbocycles. The molecule has 0 unspecified atom stereocenters. The second kappa shape index (κ2) is 6.28. The third-order valence-corrected chi connectivity index (χ3v) is 4.87. The quantitative estimate of drug-likeness (QED) is 0.820. The van der Waals surface area contributed by atoms with E-state index in [0.29, 0.717) is 18.8 Å². The van der Waals surface area contributed by atoms with Gasteiger partial charge in [-0.25, -0.2) is 9.18 Å². The van der Waals surface area contributed by atoms with Crippen LogP contribution in [0.3, 0.4) is 0 Å². The van der Waals surface area contributed by atoms with Crippen LogP contribution in [-0.4, -0.2) is 35.7 Å². The van der Waals surface area contributed by atoms with E-state index in [1.54, 1.807) is 11.0 Å². The van der Waals surface area contributed by atoms with E-state index in [9.17, 15) is 14.1 Å². The predicted octanol–water partition coefficient (Wildman–Crippen LogP) is 4.43. The first-order valence-electron chi connectivity index (χ1n) is 8.57. The third-order valence-electron chi connectivity index (χ3n) is 4.87. The van der Waals surface area contributed by atoms with Crippen LogP contribution in [0.2, 0.25) is 0 Å². The molecule has 1 aromatic rings. The van der Waals surface area contributed by atoms with Crippen LogP contribution < -0.4 is 5.32 Å². The topological polar surface area (TPSA) is 71.0 Å². The highest BCUT2D eigenvalue weighted by molar-refractivity contribution is 5.69. The Kier molecular flexibility index (Phi) is 4.43. The van der Waals surface area contributed by atoms with E-state index in [4.69, 9.17) is 4.74 Å². The van der Waals surface area contributed by atoms with Crippen LogP contribution in [0.15, 0.2) is 23.4 Å². The second-order valence-electron chi connectivity index (χ2n) is 8.15. The standard InChI is InChI=1S/C18H24FN3O3/c1-17(2,3)25-16(23)22-7-6-18(11-22)9-13(10-18)20-14-5-4-12(19)8-15(14)21-24/h4-5,8,13,20H,6-7,9-11H2,1-3H3/t13-,18+. The summed E-state index contributed by atoms with van der Waals surface area (Å²) in [5.41, 5.74) is 0.266. The Morgan fingerprint density at radius 1 is 1.40 bits per heavy atom. The van der Waals surface area contributed by atoms with Gasteiger partial charge < -0.3 is 15.0 Å².